The van der Waals surface area contributed by atoms with Crippen molar-refractivity contribution < 1.29 is 4.79 Å². The summed E-state index contributed by atoms with van der Waals surface area (Å²) >= 11 is 6.26. The van der Waals surface area contributed by atoms with E-state index in [1.807, 2.05) is 16.4 Å². The normalized spacial score (nSPS) is 18.1. The number of aromatic nitrogens is 2. The Labute approximate surface area is 107 Å². The fourth-order valence-corrected chi connectivity index (χ4v) is 2.53. The highest BCUT2D eigenvalue weighted by atomic mass is 35.5. The Morgan fingerprint density at radius 3 is 2.82 bits per heavy atom. The number of alkyl halides is 1. The molecule has 0 N–H and O–H groups in total. The van der Waals surface area contributed by atoms with Crippen LogP contribution in [0.3, 0.4) is 0 Å². The van der Waals surface area contributed by atoms with Crippen molar-refractivity contribution in [3.63, 3.8) is 0 Å². The number of halogens is 1. The van der Waals surface area contributed by atoms with Crippen molar-refractivity contribution in [3.8, 4) is 0 Å². The molecule has 1 saturated heterocycles. The van der Waals surface area contributed by atoms with Crippen molar-refractivity contribution in [2.24, 2.45) is 0 Å². The predicted octanol–water partition coefficient (Wildman–Crippen LogP) is 2.20. The Kier molecular flexibility index (Phi) is 4.05. The molecule has 1 fully saturated rings. The Morgan fingerprint density at radius 1 is 1.47 bits per heavy atom. The number of amides is 1. The van der Waals surface area contributed by atoms with Gasteiger partial charge in [0.1, 0.15) is 0 Å². The number of imidazole rings is 1. The second-order valence-corrected chi connectivity index (χ2v) is 4.79. The van der Waals surface area contributed by atoms with Crippen molar-refractivity contribution >= 4 is 17.5 Å². The van der Waals surface area contributed by atoms with Gasteiger partial charge in [0.15, 0.2) is 5.38 Å². The van der Waals surface area contributed by atoms with Crippen LogP contribution >= 0.6 is 11.6 Å². The van der Waals surface area contributed by atoms with Gasteiger partial charge in [-0.2, -0.15) is 0 Å². The number of likely N-dealkylation sites (tertiary alicyclic amines) is 1. The van der Waals surface area contributed by atoms with E-state index in [2.05, 4.69) is 4.98 Å². The number of carbonyl (C=O) groups is 1. The molecule has 17 heavy (non-hydrogen) atoms. The summed E-state index contributed by atoms with van der Waals surface area (Å²) in [5.74, 6) is 0.0153. The molecular formula is C12H18ClN3O. The molecule has 94 valence electrons. The number of rotatable bonds is 3. The smallest absolute Gasteiger partial charge is 0.246 e. The van der Waals surface area contributed by atoms with Gasteiger partial charge in [-0.15, -0.1) is 11.6 Å². The lowest BCUT2D eigenvalue weighted by Gasteiger charge is -2.28. The molecule has 1 unspecified atom stereocenters. The van der Waals surface area contributed by atoms with Crippen molar-refractivity contribution in [2.45, 2.75) is 38.1 Å². The van der Waals surface area contributed by atoms with E-state index < -0.39 is 5.38 Å². The lowest BCUT2D eigenvalue weighted by molar-refractivity contribution is -0.131. The van der Waals surface area contributed by atoms with E-state index in [1.54, 1.807) is 12.5 Å². The van der Waals surface area contributed by atoms with Crippen molar-refractivity contribution in [2.75, 3.05) is 13.1 Å². The number of hydrogen-bond donors (Lipinski definition) is 0. The molecule has 1 aromatic rings. The van der Waals surface area contributed by atoms with Crippen LogP contribution in [0.5, 0.6) is 0 Å². The summed E-state index contributed by atoms with van der Waals surface area (Å²) in [4.78, 5) is 18.1. The van der Waals surface area contributed by atoms with E-state index in [4.69, 9.17) is 11.6 Å². The summed E-state index contributed by atoms with van der Waals surface area (Å²) in [5.41, 5.74) is 0.796. The first-order valence-electron chi connectivity index (χ1n) is 6.17. The zero-order chi connectivity index (χ0) is 12.3. The van der Waals surface area contributed by atoms with Crippen LogP contribution < -0.4 is 0 Å². The second-order valence-electron chi connectivity index (χ2n) is 4.35. The highest BCUT2D eigenvalue weighted by molar-refractivity contribution is 6.30. The minimum Gasteiger partial charge on any atom is -0.341 e. The summed E-state index contributed by atoms with van der Waals surface area (Å²) in [6.07, 6.45) is 6.78. The Morgan fingerprint density at radius 2 is 2.18 bits per heavy atom. The van der Waals surface area contributed by atoms with Gasteiger partial charge in [-0.25, -0.2) is 4.98 Å². The number of nitrogens with zero attached hydrogens (tertiary/aromatic N) is 3. The summed E-state index contributed by atoms with van der Waals surface area (Å²) in [6.45, 7) is 4.47. The molecule has 2 rings (SSSR count). The number of piperidine rings is 1. The van der Waals surface area contributed by atoms with Crippen LogP contribution in [0.15, 0.2) is 12.5 Å². The van der Waals surface area contributed by atoms with Gasteiger partial charge in [-0.3, -0.25) is 4.79 Å². The quantitative estimate of drug-likeness (QED) is 0.777. The number of carbonyl (C=O) groups excluding carboxylic acids is 1. The summed E-state index contributed by atoms with van der Waals surface area (Å²) < 4.78 is 1.92. The SMILES string of the molecule is CCn1cncc1C(Cl)C(=O)N1CCCCC1. The molecule has 0 aliphatic carbocycles. The molecule has 5 heteroatoms. The minimum absolute atomic E-state index is 0.0153. The molecule has 1 amide bonds. The maximum atomic E-state index is 12.2. The highest BCUT2D eigenvalue weighted by Gasteiger charge is 2.27. The van der Waals surface area contributed by atoms with Crippen LogP contribution in [-0.4, -0.2) is 33.4 Å². The van der Waals surface area contributed by atoms with Crippen LogP contribution in [-0.2, 0) is 11.3 Å². The molecule has 0 bridgehead atoms. The molecule has 1 aromatic heterocycles. The lowest BCUT2D eigenvalue weighted by Crippen LogP contribution is -2.38. The fraction of sp³-hybridized carbons (Fsp3) is 0.667. The first-order valence-corrected chi connectivity index (χ1v) is 6.60. The standard InChI is InChI=1S/C12H18ClN3O/c1-2-15-9-14-8-10(15)11(13)12(17)16-6-4-3-5-7-16/h8-9,11H,2-7H2,1H3. The summed E-state index contributed by atoms with van der Waals surface area (Å²) in [7, 11) is 0. The monoisotopic (exact) mass is 255 g/mol. The van der Waals surface area contributed by atoms with E-state index in [9.17, 15) is 4.79 Å². The van der Waals surface area contributed by atoms with Crippen LogP contribution in [0.1, 0.15) is 37.3 Å². The van der Waals surface area contributed by atoms with Crippen LogP contribution in [0.4, 0.5) is 0 Å². The topological polar surface area (TPSA) is 38.1 Å². The first-order chi connectivity index (χ1) is 8.24. The van der Waals surface area contributed by atoms with Crippen molar-refractivity contribution in [1.29, 1.82) is 0 Å². The molecule has 1 aliphatic heterocycles. The Balaban J connectivity index is 2.08. The Bertz CT molecular complexity index is 385. The molecule has 1 atom stereocenters. The van der Waals surface area contributed by atoms with E-state index in [-0.39, 0.29) is 5.91 Å². The molecule has 0 aromatic carbocycles. The van der Waals surface area contributed by atoms with Gasteiger partial charge in [-0.1, -0.05) is 0 Å². The minimum atomic E-state index is -0.601. The van der Waals surface area contributed by atoms with Gasteiger partial charge in [0.25, 0.3) is 0 Å². The van der Waals surface area contributed by atoms with Crippen molar-refractivity contribution in [3.05, 3.63) is 18.2 Å². The average molecular weight is 256 g/mol. The van der Waals surface area contributed by atoms with Gasteiger partial charge in [0.2, 0.25) is 5.91 Å². The molecule has 0 spiro atoms. The van der Waals surface area contributed by atoms with E-state index in [0.717, 1.165) is 38.2 Å². The van der Waals surface area contributed by atoms with E-state index >= 15 is 0 Å². The van der Waals surface area contributed by atoms with Crippen LogP contribution in [0, 0.1) is 0 Å². The molecule has 2 heterocycles. The lowest BCUT2D eigenvalue weighted by atomic mass is 10.1. The summed E-state index contributed by atoms with van der Waals surface area (Å²) in [6, 6.07) is 0. The zero-order valence-corrected chi connectivity index (χ0v) is 10.9. The molecule has 4 nitrogen and oxygen atoms in total. The van der Waals surface area contributed by atoms with Gasteiger partial charge in [0.05, 0.1) is 18.2 Å². The second kappa shape index (κ2) is 5.54. The van der Waals surface area contributed by atoms with Crippen LogP contribution in [0.2, 0.25) is 0 Å². The molecule has 0 saturated carbocycles. The largest absolute Gasteiger partial charge is 0.341 e. The van der Waals surface area contributed by atoms with Gasteiger partial charge >= 0.3 is 0 Å². The van der Waals surface area contributed by atoms with E-state index in [0.29, 0.717) is 0 Å². The molecule has 1 aliphatic rings. The molecular weight excluding hydrogens is 238 g/mol. The first kappa shape index (κ1) is 12.4. The van der Waals surface area contributed by atoms with Crippen molar-refractivity contribution in [1.82, 2.24) is 14.5 Å². The Hall–Kier alpha value is -1.03. The molecule has 0 radical (unpaired) electrons. The number of hydrogen-bond acceptors (Lipinski definition) is 2. The highest BCUT2D eigenvalue weighted by Crippen LogP contribution is 2.24. The summed E-state index contributed by atoms with van der Waals surface area (Å²) in [5, 5.41) is -0.601. The third-order valence-electron chi connectivity index (χ3n) is 3.23. The van der Waals surface area contributed by atoms with Gasteiger partial charge in [0, 0.05) is 19.6 Å². The third-order valence-corrected chi connectivity index (χ3v) is 3.64. The maximum absolute atomic E-state index is 12.2. The zero-order valence-electron chi connectivity index (χ0n) is 10.1. The predicted molar refractivity (Wildman–Crippen MR) is 66.9 cm³/mol. The van der Waals surface area contributed by atoms with Gasteiger partial charge in [-0.05, 0) is 26.2 Å². The third kappa shape index (κ3) is 2.63. The maximum Gasteiger partial charge on any atom is 0.246 e. The average Bonchev–Trinajstić information content (AvgIpc) is 2.86. The van der Waals surface area contributed by atoms with Crippen LogP contribution in [0.25, 0.3) is 0 Å². The van der Waals surface area contributed by atoms with Gasteiger partial charge < -0.3 is 9.47 Å². The van der Waals surface area contributed by atoms with E-state index in [1.165, 1.54) is 6.42 Å². The number of aryl methyl sites for hydroxylation is 1. The fourth-order valence-electron chi connectivity index (χ4n) is 2.21.